The van der Waals surface area contributed by atoms with Crippen LogP contribution in [0.25, 0.3) is 5.69 Å². The summed E-state index contributed by atoms with van der Waals surface area (Å²) in [7, 11) is -3.70. The summed E-state index contributed by atoms with van der Waals surface area (Å²) in [6.07, 6.45) is 5.37. The Labute approximate surface area is 173 Å². The Morgan fingerprint density at radius 1 is 1.03 bits per heavy atom. The second-order valence-corrected chi connectivity index (χ2v) is 8.79. The molecule has 0 spiro atoms. The van der Waals surface area contributed by atoms with Gasteiger partial charge >= 0.3 is 0 Å². The van der Waals surface area contributed by atoms with Gasteiger partial charge in [-0.25, -0.2) is 13.6 Å². The fraction of sp³-hybridized carbons (Fsp3) is 0.261. The van der Waals surface area contributed by atoms with Gasteiger partial charge in [0.25, 0.3) is 0 Å². The zero-order valence-electron chi connectivity index (χ0n) is 17.1. The number of sulfonamides is 1. The normalized spacial score (nSPS) is 12.0. The largest absolute Gasteiger partial charge is 0.318 e. The molecule has 2 N–H and O–H groups in total. The predicted molar refractivity (Wildman–Crippen MR) is 119 cm³/mol. The molecular formula is C23H27N3O2S. The van der Waals surface area contributed by atoms with Crippen LogP contribution in [0.15, 0.2) is 64.5 Å². The maximum Gasteiger partial charge on any atom is 0.238 e. The third-order valence-electron chi connectivity index (χ3n) is 5.00. The number of rotatable bonds is 7. The molecule has 6 heteroatoms. The van der Waals surface area contributed by atoms with Crippen molar-refractivity contribution in [2.75, 3.05) is 0 Å². The van der Waals surface area contributed by atoms with Crippen LogP contribution in [-0.2, 0) is 16.4 Å². The van der Waals surface area contributed by atoms with Crippen molar-refractivity contribution in [3.8, 4) is 5.69 Å². The van der Waals surface area contributed by atoms with Gasteiger partial charge in [0.2, 0.25) is 10.0 Å². The molecule has 0 aliphatic heterocycles. The molecule has 0 fully saturated rings. The highest BCUT2D eigenvalue weighted by Gasteiger charge is 2.12. The molecule has 0 aliphatic carbocycles. The number of primary sulfonamides is 1. The molecule has 1 heterocycles. The lowest BCUT2D eigenvalue weighted by molar-refractivity contribution is 0.598. The van der Waals surface area contributed by atoms with Crippen molar-refractivity contribution >= 4 is 21.9 Å². The number of nitrogens with zero attached hydrogens (tertiary/aromatic N) is 2. The van der Waals surface area contributed by atoms with E-state index in [0.717, 1.165) is 34.7 Å². The zero-order chi connectivity index (χ0) is 21.0. The second-order valence-electron chi connectivity index (χ2n) is 7.23. The van der Waals surface area contributed by atoms with E-state index in [0.29, 0.717) is 0 Å². The number of hydrogen-bond acceptors (Lipinski definition) is 3. The van der Waals surface area contributed by atoms with Crippen molar-refractivity contribution in [3.63, 3.8) is 0 Å². The number of aliphatic imine (C=N–C) groups is 1. The summed E-state index contributed by atoms with van der Waals surface area (Å²) >= 11 is 0. The van der Waals surface area contributed by atoms with Crippen LogP contribution in [0.3, 0.4) is 0 Å². The van der Waals surface area contributed by atoms with Crippen molar-refractivity contribution < 1.29 is 8.42 Å². The van der Waals surface area contributed by atoms with Crippen molar-refractivity contribution in [2.45, 2.75) is 44.9 Å². The number of unbranched alkanes of at least 4 members (excludes halogenated alkanes) is 1. The van der Waals surface area contributed by atoms with Gasteiger partial charge in [-0.2, -0.15) is 0 Å². The molecule has 1 aromatic heterocycles. The van der Waals surface area contributed by atoms with Gasteiger partial charge in [0.1, 0.15) is 0 Å². The van der Waals surface area contributed by atoms with Crippen LogP contribution in [0.5, 0.6) is 0 Å². The fourth-order valence-electron chi connectivity index (χ4n) is 3.37. The summed E-state index contributed by atoms with van der Waals surface area (Å²) in [6.45, 7) is 6.24. The van der Waals surface area contributed by atoms with Crippen molar-refractivity contribution in [1.82, 2.24) is 4.57 Å². The summed E-state index contributed by atoms with van der Waals surface area (Å²) in [4.78, 5) is 4.72. The topological polar surface area (TPSA) is 77.5 Å². The van der Waals surface area contributed by atoms with Gasteiger partial charge in [-0.15, -0.1) is 0 Å². The second kappa shape index (κ2) is 8.76. The molecule has 0 amide bonds. The molecular weight excluding hydrogens is 382 g/mol. The standard InChI is InChI=1S/C23H27N3O2S/c1-4-5-6-19-7-9-21(10-8-19)25-16-20-15-17(2)26(18(20)3)22-11-13-23(14-12-22)29(24,27)28/h7-16H,4-6H2,1-3H3,(H2,24,27,28). The van der Waals surface area contributed by atoms with Gasteiger partial charge in [-0.3, -0.25) is 4.99 Å². The average molecular weight is 410 g/mol. The quantitative estimate of drug-likeness (QED) is 0.567. The number of hydrogen-bond donors (Lipinski definition) is 1. The van der Waals surface area contributed by atoms with Crippen molar-refractivity contribution in [3.05, 3.63) is 77.1 Å². The van der Waals surface area contributed by atoms with Crippen LogP contribution in [0.2, 0.25) is 0 Å². The average Bonchev–Trinajstić information content (AvgIpc) is 2.98. The maximum atomic E-state index is 11.5. The van der Waals surface area contributed by atoms with Gasteiger partial charge < -0.3 is 4.57 Å². The van der Waals surface area contributed by atoms with Crippen LogP contribution in [-0.4, -0.2) is 19.2 Å². The highest BCUT2D eigenvalue weighted by molar-refractivity contribution is 7.89. The van der Waals surface area contributed by atoms with Gasteiger partial charge in [-0.05, 0) is 74.7 Å². The molecule has 5 nitrogen and oxygen atoms in total. The molecule has 0 atom stereocenters. The van der Waals surface area contributed by atoms with E-state index < -0.39 is 10.0 Å². The molecule has 0 bridgehead atoms. The Balaban J connectivity index is 1.83. The first-order valence-electron chi connectivity index (χ1n) is 9.75. The summed E-state index contributed by atoms with van der Waals surface area (Å²) < 4.78 is 25.0. The monoisotopic (exact) mass is 409 g/mol. The zero-order valence-corrected chi connectivity index (χ0v) is 17.9. The van der Waals surface area contributed by atoms with Crippen LogP contribution < -0.4 is 5.14 Å². The molecule has 152 valence electrons. The smallest absolute Gasteiger partial charge is 0.238 e. The summed E-state index contributed by atoms with van der Waals surface area (Å²) in [5, 5.41) is 5.19. The van der Waals surface area contributed by atoms with E-state index in [-0.39, 0.29) is 4.90 Å². The highest BCUT2D eigenvalue weighted by Crippen LogP contribution is 2.22. The lowest BCUT2D eigenvalue weighted by Crippen LogP contribution is -2.12. The van der Waals surface area contributed by atoms with Crippen LogP contribution in [0.1, 0.15) is 42.3 Å². The van der Waals surface area contributed by atoms with E-state index in [4.69, 9.17) is 5.14 Å². The molecule has 0 saturated carbocycles. The van der Waals surface area contributed by atoms with Gasteiger partial charge in [0, 0.05) is 28.9 Å². The lowest BCUT2D eigenvalue weighted by atomic mass is 10.1. The summed E-state index contributed by atoms with van der Waals surface area (Å²) in [5.41, 5.74) is 6.25. The minimum Gasteiger partial charge on any atom is -0.318 e. The third kappa shape index (κ3) is 5.02. The summed E-state index contributed by atoms with van der Waals surface area (Å²) in [6, 6.07) is 17.0. The minimum absolute atomic E-state index is 0.105. The van der Waals surface area contributed by atoms with E-state index in [1.807, 2.05) is 32.2 Å². The third-order valence-corrected chi connectivity index (χ3v) is 5.93. The highest BCUT2D eigenvalue weighted by atomic mass is 32.2. The lowest BCUT2D eigenvalue weighted by Gasteiger charge is -2.10. The SMILES string of the molecule is CCCCc1ccc(N=Cc2cc(C)n(-c3ccc(S(N)(=O)=O)cc3)c2C)cc1. The molecule has 0 saturated heterocycles. The van der Waals surface area contributed by atoms with Gasteiger partial charge in [-0.1, -0.05) is 25.5 Å². The molecule has 0 aliphatic rings. The molecule has 0 radical (unpaired) electrons. The molecule has 2 aromatic carbocycles. The Morgan fingerprint density at radius 3 is 2.28 bits per heavy atom. The Hall–Kier alpha value is -2.70. The molecule has 3 aromatic rings. The van der Waals surface area contributed by atoms with Crippen LogP contribution in [0, 0.1) is 13.8 Å². The number of nitrogens with two attached hydrogens (primary N) is 1. The number of aromatic nitrogens is 1. The molecule has 0 unspecified atom stereocenters. The first-order valence-corrected chi connectivity index (χ1v) is 11.3. The Kier molecular flexibility index (Phi) is 6.35. The van der Waals surface area contributed by atoms with E-state index in [2.05, 4.69) is 34.7 Å². The van der Waals surface area contributed by atoms with E-state index in [1.54, 1.807) is 12.1 Å². The fourth-order valence-corrected chi connectivity index (χ4v) is 3.89. The molecule has 29 heavy (non-hydrogen) atoms. The van der Waals surface area contributed by atoms with Crippen LogP contribution >= 0.6 is 0 Å². The van der Waals surface area contributed by atoms with Crippen LogP contribution in [0.4, 0.5) is 5.69 Å². The minimum atomic E-state index is -3.70. The Morgan fingerprint density at radius 2 is 1.69 bits per heavy atom. The van der Waals surface area contributed by atoms with Gasteiger partial charge in [0.05, 0.1) is 10.6 Å². The maximum absolute atomic E-state index is 11.5. The first-order chi connectivity index (χ1) is 13.8. The number of benzene rings is 2. The van der Waals surface area contributed by atoms with E-state index in [1.165, 1.54) is 30.5 Å². The predicted octanol–water partition coefficient (Wildman–Crippen LogP) is 4.83. The molecule has 3 rings (SSSR count). The Bertz CT molecular complexity index is 1110. The number of aryl methyl sites for hydroxylation is 2. The van der Waals surface area contributed by atoms with E-state index in [9.17, 15) is 8.42 Å². The summed E-state index contributed by atoms with van der Waals surface area (Å²) in [5.74, 6) is 0. The van der Waals surface area contributed by atoms with Gasteiger partial charge in [0.15, 0.2) is 0 Å². The van der Waals surface area contributed by atoms with Crippen molar-refractivity contribution in [2.24, 2.45) is 10.1 Å². The first kappa shape index (κ1) is 21.0. The van der Waals surface area contributed by atoms with Crippen molar-refractivity contribution in [1.29, 1.82) is 0 Å². The van der Waals surface area contributed by atoms with E-state index >= 15 is 0 Å².